The van der Waals surface area contributed by atoms with Gasteiger partial charge in [0.15, 0.2) is 0 Å². The second kappa shape index (κ2) is 7.17. The molecule has 0 rings (SSSR count). The SMILES string of the molecule is C=C(CC)CCC(C)C(C)CCC. The van der Waals surface area contributed by atoms with E-state index in [4.69, 9.17) is 0 Å². The summed E-state index contributed by atoms with van der Waals surface area (Å²) in [5.41, 5.74) is 1.41. The van der Waals surface area contributed by atoms with Crippen molar-refractivity contribution in [1.29, 1.82) is 0 Å². The fraction of sp³-hybridized carbons (Fsp3) is 0.846. The molecule has 0 heterocycles. The summed E-state index contributed by atoms with van der Waals surface area (Å²) in [5.74, 6) is 1.75. The van der Waals surface area contributed by atoms with Crippen LogP contribution in [0.2, 0.25) is 0 Å². The van der Waals surface area contributed by atoms with Gasteiger partial charge in [-0.2, -0.15) is 0 Å². The van der Waals surface area contributed by atoms with E-state index in [1.165, 1.54) is 31.3 Å². The zero-order chi connectivity index (χ0) is 10.3. The maximum atomic E-state index is 4.05. The van der Waals surface area contributed by atoms with Crippen molar-refractivity contribution in [1.82, 2.24) is 0 Å². The Kier molecular flexibility index (Phi) is 7.03. The average molecular weight is 182 g/mol. The Morgan fingerprint density at radius 3 is 2.08 bits per heavy atom. The van der Waals surface area contributed by atoms with Gasteiger partial charge in [-0.15, -0.1) is 0 Å². The summed E-state index contributed by atoms with van der Waals surface area (Å²) in [5, 5.41) is 0. The molecule has 0 spiro atoms. The van der Waals surface area contributed by atoms with Gasteiger partial charge in [-0.1, -0.05) is 52.7 Å². The Hall–Kier alpha value is -0.260. The van der Waals surface area contributed by atoms with E-state index in [0.29, 0.717) is 0 Å². The van der Waals surface area contributed by atoms with Crippen LogP contribution in [-0.2, 0) is 0 Å². The molecule has 0 saturated heterocycles. The van der Waals surface area contributed by atoms with E-state index in [1.54, 1.807) is 0 Å². The molecule has 0 radical (unpaired) electrons. The summed E-state index contributed by atoms with van der Waals surface area (Å²) in [6, 6.07) is 0. The summed E-state index contributed by atoms with van der Waals surface area (Å²) in [7, 11) is 0. The molecule has 78 valence electrons. The Bertz CT molecular complexity index is 135. The molecule has 0 saturated carbocycles. The highest BCUT2D eigenvalue weighted by Gasteiger charge is 2.10. The van der Waals surface area contributed by atoms with Gasteiger partial charge in [0.2, 0.25) is 0 Å². The maximum absolute atomic E-state index is 4.05. The van der Waals surface area contributed by atoms with E-state index >= 15 is 0 Å². The smallest absolute Gasteiger partial charge is 0.0320 e. The summed E-state index contributed by atoms with van der Waals surface area (Å²) >= 11 is 0. The van der Waals surface area contributed by atoms with Gasteiger partial charge < -0.3 is 0 Å². The first-order valence-electron chi connectivity index (χ1n) is 5.78. The number of hydrogen-bond donors (Lipinski definition) is 0. The van der Waals surface area contributed by atoms with Crippen LogP contribution in [0.25, 0.3) is 0 Å². The van der Waals surface area contributed by atoms with Crippen LogP contribution in [0.4, 0.5) is 0 Å². The van der Waals surface area contributed by atoms with E-state index in [1.807, 2.05) is 0 Å². The molecule has 0 amide bonds. The molecule has 2 atom stereocenters. The summed E-state index contributed by atoms with van der Waals surface area (Å²) in [6.45, 7) is 13.3. The molecular weight excluding hydrogens is 156 g/mol. The third-order valence-electron chi connectivity index (χ3n) is 3.17. The largest absolute Gasteiger partial charge is 0.0999 e. The van der Waals surface area contributed by atoms with Crippen molar-refractivity contribution in [2.24, 2.45) is 11.8 Å². The quantitative estimate of drug-likeness (QED) is 0.496. The van der Waals surface area contributed by atoms with Crippen molar-refractivity contribution in [3.05, 3.63) is 12.2 Å². The van der Waals surface area contributed by atoms with Gasteiger partial charge in [0.05, 0.1) is 0 Å². The first kappa shape index (κ1) is 12.7. The molecule has 0 aliphatic carbocycles. The first-order valence-corrected chi connectivity index (χ1v) is 5.78. The molecule has 0 aliphatic heterocycles. The standard InChI is InChI=1S/C13H26/c1-6-8-12(4)13(5)10-9-11(3)7-2/h12-13H,3,6-10H2,1-2,4-5H3. The molecule has 0 nitrogen and oxygen atoms in total. The van der Waals surface area contributed by atoms with Gasteiger partial charge in [-0.05, 0) is 31.1 Å². The van der Waals surface area contributed by atoms with Gasteiger partial charge in [0.25, 0.3) is 0 Å². The zero-order valence-corrected chi connectivity index (χ0v) is 9.90. The summed E-state index contributed by atoms with van der Waals surface area (Å²) < 4.78 is 0. The van der Waals surface area contributed by atoms with Gasteiger partial charge >= 0.3 is 0 Å². The Morgan fingerprint density at radius 2 is 1.62 bits per heavy atom. The molecule has 0 aliphatic rings. The zero-order valence-electron chi connectivity index (χ0n) is 9.90. The van der Waals surface area contributed by atoms with E-state index in [2.05, 4.69) is 34.3 Å². The third kappa shape index (κ3) is 5.90. The molecule has 0 N–H and O–H groups in total. The van der Waals surface area contributed by atoms with E-state index < -0.39 is 0 Å². The molecule has 0 bridgehead atoms. The highest BCUT2D eigenvalue weighted by molar-refractivity contribution is 4.92. The van der Waals surface area contributed by atoms with Gasteiger partial charge in [0, 0.05) is 0 Å². The average Bonchev–Trinajstić information content (AvgIpc) is 2.13. The van der Waals surface area contributed by atoms with Crippen LogP contribution in [0.5, 0.6) is 0 Å². The lowest BCUT2D eigenvalue weighted by Crippen LogP contribution is -2.07. The fourth-order valence-electron chi connectivity index (χ4n) is 1.63. The number of rotatable bonds is 7. The molecule has 0 aromatic rings. The van der Waals surface area contributed by atoms with Crippen LogP contribution in [0.15, 0.2) is 12.2 Å². The van der Waals surface area contributed by atoms with Crippen molar-refractivity contribution in [2.45, 2.75) is 59.8 Å². The van der Waals surface area contributed by atoms with Gasteiger partial charge in [0.1, 0.15) is 0 Å². The van der Waals surface area contributed by atoms with Crippen molar-refractivity contribution in [2.75, 3.05) is 0 Å². The first-order chi connectivity index (χ1) is 6.11. The Balaban J connectivity index is 3.60. The molecule has 2 unspecified atom stereocenters. The predicted molar refractivity (Wildman–Crippen MR) is 61.9 cm³/mol. The minimum Gasteiger partial charge on any atom is -0.0999 e. The minimum atomic E-state index is 0.864. The van der Waals surface area contributed by atoms with E-state index in [0.717, 1.165) is 18.3 Å². The lowest BCUT2D eigenvalue weighted by atomic mass is 9.87. The van der Waals surface area contributed by atoms with Crippen LogP contribution >= 0.6 is 0 Å². The maximum Gasteiger partial charge on any atom is -0.0320 e. The molecule has 0 aromatic carbocycles. The normalized spacial score (nSPS) is 15.4. The lowest BCUT2D eigenvalue weighted by Gasteiger charge is -2.19. The molecule has 13 heavy (non-hydrogen) atoms. The number of hydrogen-bond acceptors (Lipinski definition) is 0. The Morgan fingerprint density at radius 1 is 1.08 bits per heavy atom. The Labute approximate surface area is 84.4 Å². The summed E-state index contributed by atoms with van der Waals surface area (Å²) in [4.78, 5) is 0. The number of allylic oxidation sites excluding steroid dienone is 1. The van der Waals surface area contributed by atoms with E-state index in [9.17, 15) is 0 Å². The van der Waals surface area contributed by atoms with Crippen LogP contribution in [-0.4, -0.2) is 0 Å². The van der Waals surface area contributed by atoms with Crippen LogP contribution in [0.3, 0.4) is 0 Å². The predicted octanol–water partition coefficient (Wildman–Crippen LogP) is 4.81. The highest BCUT2D eigenvalue weighted by atomic mass is 14.2. The van der Waals surface area contributed by atoms with Gasteiger partial charge in [-0.3, -0.25) is 0 Å². The lowest BCUT2D eigenvalue weighted by molar-refractivity contribution is 0.341. The molecule has 0 heteroatoms. The molecule has 0 aromatic heterocycles. The second-order valence-electron chi connectivity index (χ2n) is 4.39. The fourth-order valence-corrected chi connectivity index (χ4v) is 1.63. The summed E-state index contributed by atoms with van der Waals surface area (Å²) in [6.07, 6.45) is 6.40. The van der Waals surface area contributed by atoms with Crippen molar-refractivity contribution in [3.8, 4) is 0 Å². The van der Waals surface area contributed by atoms with E-state index in [-0.39, 0.29) is 0 Å². The minimum absolute atomic E-state index is 0.864. The van der Waals surface area contributed by atoms with Crippen molar-refractivity contribution < 1.29 is 0 Å². The molecular formula is C13H26. The van der Waals surface area contributed by atoms with Crippen LogP contribution in [0, 0.1) is 11.8 Å². The van der Waals surface area contributed by atoms with Crippen molar-refractivity contribution >= 4 is 0 Å². The third-order valence-corrected chi connectivity index (χ3v) is 3.17. The second-order valence-corrected chi connectivity index (χ2v) is 4.39. The van der Waals surface area contributed by atoms with Gasteiger partial charge in [-0.25, -0.2) is 0 Å². The monoisotopic (exact) mass is 182 g/mol. The van der Waals surface area contributed by atoms with Crippen molar-refractivity contribution in [3.63, 3.8) is 0 Å². The van der Waals surface area contributed by atoms with Crippen LogP contribution in [0.1, 0.15) is 59.8 Å². The van der Waals surface area contributed by atoms with Crippen LogP contribution < -0.4 is 0 Å². The highest BCUT2D eigenvalue weighted by Crippen LogP contribution is 2.23. The molecule has 0 fully saturated rings. The topological polar surface area (TPSA) is 0 Å².